The number of nitrogens with one attached hydrogen (secondary N) is 2. The number of carbonyl (C=O) groups excluding carboxylic acids is 1. The van der Waals surface area contributed by atoms with Gasteiger partial charge in [0.2, 0.25) is 0 Å². The van der Waals surface area contributed by atoms with Gasteiger partial charge in [-0.05, 0) is 55.8 Å². The molecule has 2 N–H and O–H groups in total. The lowest BCUT2D eigenvalue weighted by molar-refractivity contribution is -0.124. The Kier molecular flexibility index (Phi) is 9.94. The zero-order valence-electron chi connectivity index (χ0n) is 17.4. The molecule has 0 aliphatic carbocycles. The Morgan fingerprint density at radius 2 is 1.63 bits per heavy atom. The number of rotatable bonds is 10. The Morgan fingerprint density at radius 1 is 1.00 bits per heavy atom. The molecule has 0 saturated carbocycles. The molecule has 6 nitrogen and oxygen atoms in total. The molecule has 1 amide bonds. The highest BCUT2D eigenvalue weighted by atomic mass is 35.5. The maximum atomic E-state index is 12.2. The lowest BCUT2D eigenvalue weighted by Crippen LogP contribution is -2.47. The third-order valence-corrected chi connectivity index (χ3v) is 5.22. The van der Waals surface area contributed by atoms with Gasteiger partial charge < -0.3 is 24.8 Å². The van der Waals surface area contributed by atoms with Crippen LogP contribution in [0, 0.1) is 5.41 Å². The van der Waals surface area contributed by atoms with Gasteiger partial charge >= 0.3 is 0 Å². The topological polar surface area (TPSA) is 68.8 Å². The van der Waals surface area contributed by atoms with Crippen molar-refractivity contribution in [2.24, 2.45) is 5.41 Å². The van der Waals surface area contributed by atoms with Gasteiger partial charge in [-0.3, -0.25) is 4.79 Å². The number of carbonyl (C=O) groups is 1. The quantitative estimate of drug-likeness (QED) is 0.601. The summed E-state index contributed by atoms with van der Waals surface area (Å²) < 4.78 is 16.8. The molecule has 2 aromatic carbocycles. The first-order valence-electron chi connectivity index (χ1n) is 10.1. The number of benzene rings is 2. The summed E-state index contributed by atoms with van der Waals surface area (Å²) in [6, 6.07) is 17.3. The first-order valence-corrected chi connectivity index (χ1v) is 10.1. The number of hydrogen-bond acceptors (Lipinski definition) is 5. The molecular formula is C23H31ClN2O4. The van der Waals surface area contributed by atoms with E-state index in [9.17, 15) is 4.79 Å². The second-order valence-electron chi connectivity index (χ2n) is 7.49. The maximum absolute atomic E-state index is 12.2. The number of hydrogen-bond donors (Lipinski definition) is 2. The maximum Gasteiger partial charge on any atom is 0.257 e. The molecule has 0 atom stereocenters. The van der Waals surface area contributed by atoms with E-state index in [2.05, 4.69) is 10.6 Å². The van der Waals surface area contributed by atoms with Gasteiger partial charge in [0, 0.05) is 19.1 Å². The van der Waals surface area contributed by atoms with E-state index in [0.717, 1.165) is 37.2 Å². The van der Waals surface area contributed by atoms with Crippen LogP contribution >= 0.6 is 12.4 Å². The SMILES string of the molecule is COCC1(CNC(=O)COc2ccc(OCc3ccccc3)cc2)CCNCC1.Cl. The van der Waals surface area contributed by atoms with E-state index in [0.29, 0.717) is 25.5 Å². The minimum absolute atomic E-state index is 0. The van der Waals surface area contributed by atoms with Crippen molar-refractivity contribution >= 4 is 18.3 Å². The van der Waals surface area contributed by atoms with E-state index in [-0.39, 0.29) is 30.3 Å². The minimum atomic E-state index is -0.122. The first kappa shape index (κ1) is 24.0. The average Bonchev–Trinajstić information content (AvgIpc) is 2.77. The summed E-state index contributed by atoms with van der Waals surface area (Å²) in [5, 5.41) is 6.35. The van der Waals surface area contributed by atoms with Crippen LogP contribution in [0.4, 0.5) is 0 Å². The van der Waals surface area contributed by atoms with Crippen LogP contribution in [0.5, 0.6) is 11.5 Å². The van der Waals surface area contributed by atoms with Gasteiger partial charge in [-0.1, -0.05) is 30.3 Å². The van der Waals surface area contributed by atoms with Crippen LogP contribution in [-0.2, 0) is 16.1 Å². The summed E-state index contributed by atoms with van der Waals surface area (Å²) in [4.78, 5) is 12.2. The Labute approximate surface area is 184 Å². The minimum Gasteiger partial charge on any atom is -0.489 e. The zero-order chi connectivity index (χ0) is 20.4. The Balaban J connectivity index is 0.00000320. The van der Waals surface area contributed by atoms with Crippen LogP contribution < -0.4 is 20.1 Å². The van der Waals surface area contributed by atoms with Crippen molar-refractivity contribution in [3.05, 3.63) is 60.2 Å². The van der Waals surface area contributed by atoms with E-state index in [1.165, 1.54) is 0 Å². The van der Waals surface area contributed by atoms with Crippen molar-refractivity contribution in [1.29, 1.82) is 0 Å². The Morgan fingerprint density at radius 3 is 2.27 bits per heavy atom. The van der Waals surface area contributed by atoms with E-state index < -0.39 is 0 Å². The van der Waals surface area contributed by atoms with E-state index in [1.54, 1.807) is 7.11 Å². The molecule has 2 aromatic rings. The van der Waals surface area contributed by atoms with E-state index >= 15 is 0 Å². The molecule has 0 unspecified atom stereocenters. The van der Waals surface area contributed by atoms with E-state index in [4.69, 9.17) is 14.2 Å². The van der Waals surface area contributed by atoms with Crippen LogP contribution in [-0.4, -0.2) is 45.9 Å². The number of ether oxygens (including phenoxy) is 3. The van der Waals surface area contributed by atoms with Crippen molar-refractivity contribution in [2.45, 2.75) is 19.4 Å². The molecule has 1 fully saturated rings. The van der Waals surface area contributed by atoms with Gasteiger partial charge in [-0.15, -0.1) is 12.4 Å². The molecule has 1 aliphatic heterocycles. The molecule has 3 rings (SSSR count). The number of methoxy groups -OCH3 is 1. The predicted molar refractivity (Wildman–Crippen MR) is 119 cm³/mol. The van der Waals surface area contributed by atoms with Gasteiger partial charge in [0.25, 0.3) is 5.91 Å². The predicted octanol–water partition coefficient (Wildman–Crippen LogP) is 3.20. The van der Waals surface area contributed by atoms with Gasteiger partial charge in [0.05, 0.1) is 6.61 Å². The standard InChI is InChI=1S/C23H30N2O4.ClH/c1-27-18-23(11-13-24-14-12-23)17-25-22(26)16-29-21-9-7-20(8-10-21)28-15-19-5-3-2-4-6-19;/h2-10,24H,11-18H2,1H3,(H,25,26);1H. The van der Waals surface area contributed by atoms with E-state index in [1.807, 2.05) is 54.6 Å². The van der Waals surface area contributed by atoms with Crippen molar-refractivity contribution in [3.8, 4) is 11.5 Å². The highest BCUT2D eigenvalue weighted by Gasteiger charge is 2.32. The second-order valence-corrected chi connectivity index (χ2v) is 7.49. The molecule has 0 bridgehead atoms. The normalized spacial score (nSPS) is 15.0. The third-order valence-electron chi connectivity index (χ3n) is 5.22. The molecule has 1 saturated heterocycles. The lowest BCUT2D eigenvalue weighted by atomic mass is 9.79. The molecule has 0 aromatic heterocycles. The van der Waals surface area contributed by atoms with Crippen molar-refractivity contribution in [2.75, 3.05) is 40.0 Å². The summed E-state index contributed by atoms with van der Waals surface area (Å²) in [7, 11) is 1.71. The monoisotopic (exact) mass is 434 g/mol. The van der Waals surface area contributed by atoms with Gasteiger partial charge in [-0.2, -0.15) is 0 Å². The van der Waals surface area contributed by atoms with Gasteiger partial charge in [0.1, 0.15) is 18.1 Å². The highest BCUT2D eigenvalue weighted by molar-refractivity contribution is 5.85. The molecule has 1 aliphatic rings. The summed E-state index contributed by atoms with van der Waals surface area (Å²) in [5.41, 5.74) is 1.12. The largest absolute Gasteiger partial charge is 0.489 e. The van der Waals surface area contributed by atoms with Crippen LogP contribution in [0.1, 0.15) is 18.4 Å². The smallest absolute Gasteiger partial charge is 0.257 e. The van der Waals surface area contributed by atoms with Gasteiger partial charge in [-0.25, -0.2) is 0 Å². The average molecular weight is 435 g/mol. The molecular weight excluding hydrogens is 404 g/mol. The molecule has 0 radical (unpaired) electrons. The summed E-state index contributed by atoms with van der Waals surface area (Å²) in [6.07, 6.45) is 1.98. The number of piperidine rings is 1. The second kappa shape index (κ2) is 12.4. The third kappa shape index (κ3) is 7.52. The first-order chi connectivity index (χ1) is 14.2. The molecule has 164 valence electrons. The van der Waals surface area contributed by atoms with Crippen molar-refractivity contribution in [3.63, 3.8) is 0 Å². The molecule has 30 heavy (non-hydrogen) atoms. The molecule has 7 heteroatoms. The van der Waals surface area contributed by atoms with Crippen molar-refractivity contribution in [1.82, 2.24) is 10.6 Å². The van der Waals surface area contributed by atoms with Crippen LogP contribution in [0.25, 0.3) is 0 Å². The highest BCUT2D eigenvalue weighted by Crippen LogP contribution is 2.28. The molecule has 1 heterocycles. The van der Waals surface area contributed by atoms with Crippen LogP contribution in [0.3, 0.4) is 0 Å². The summed E-state index contributed by atoms with van der Waals surface area (Å²) in [6.45, 7) is 3.67. The summed E-state index contributed by atoms with van der Waals surface area (Å²) >= 11 is 0. The summed E-state index contributed by atoms with van der Waals surface area (Å²) in [5.74, 6) is 1.28. The number of halogens is 1. The fourth-order valence-corrected chi connectivity index (χ4v) is 3.49. The zero-order valence-corrected chi connectivity index (χ0v) is 18.2. The number of amides is 1. The fourth-order valence-electron chi connectivity index (χ4n) is 3.49. The van der Waals surface area contributed by atoms with Crippen molar-refractivity contribution < 1.29 is 19.0 Å². The Bertz CT molecular complexity index is 744. The Hall–Kier alpha value is -2.28. The fraction of sp³-hybridized carbons (Fsp3) is 0.435. The van der Waals surface area contributed by atoms with Gasteiger partial charge in [0.15, 0.2) is 6.61 Å². The van der Waals surface area contributed by atoms with Crippen LogP contribution in [0.15, 0.2) is 54.6 Å². The lowest BCUT2D eigenvalue weighted by Gasteiger charge is -2.37. The van der Waals surface area contributed by atoms with Crippen LogP contribution in [0.2, 0.25) is 0 Å². The molecule has 0 spiro atoms.